The normalized spacial score (nSPS) is 10.7. The molecule has 4 rings (SSSR count). The van der Waals surface area contributed by atoms with E-state index in [1.165, 1.54) is 11.7 Å². The molecule has 0 bridgehead atoms. The van der Waals surface area contributed by atoms with E-state index in [0.717, 1.165) is 15.8 Å². The minimum absolute atomic E-state index is 0.0370. The lowest BCUT2D eigenvalue weighted by molar-refractivity contribution is -0.140. The quantitative estimate of drug-likeness (QED) is 0.329. The van der Waals surface area contributed by atoms with Gasteiger partial charge in [0.25, 0.3) is 0 Å². The molecule has 0 aliphatic carbocycles. The van der Waals surface area contributed by atoms with E-state index in [0.29, 0.717) is 16.5 Å². The number of carbonyl (C=O) groups excluding carboxylic acids is 1. The lowest BCUT2D eigenvalue weighted by Crippen LogP contribution is -2.43. The van der Waals surface area contributed by atoms with Crippen molar-refractivity contribution in [3.8, 4) is 11.8 Å². The van der Waals surface area contributed by atoms with Crippen molar-refractivity contribution in [1.82, 2.24) is 24.1 Å². The topological polar surface area (TPSA) is 130 Å². The fraction of sp³-hybridized carbons (Fsp3) is 0.200. The number of anilines is 2. The second kappa shape index (κ2) is 11.5. The monoisotopic (exact) mass is 522 g/mol. The molecule has 2 aromatic heterocycles. The third-order valence-electron chi connectivity index (χ3n) is 5.26. The van der Waals surface area contributed by atoms with Gasteiger partial charge in [0.05, 0.1) is 20.1 Å². The Labute approximate surface area is 216 Å². The highest BCUT2D eigenvalue weighted by Gasteiger charge is 2.15. The van der Waals surface area contributed by atoms with Gasteiger partial charge < -0.3 is 14.8 Å². The van der Waals surface area contributed by atoms with Gasteiger partial charge in [-0.3, -0.25) is 9.36 Å². The molecular weight excluding hydrogens is 500 g/mol. The van der Waals surface area contributed by atoms with Crippen molar-refractivity contribution in [2.75, 3.05) is 12.4 Å². The van der Waals surface area contributed by atoms with Crippen LogP contribution in [0, 0.1) is 6.92 Å². The Hall–Kier alpha value is -4.51. The Balaban J connectivity index is 1.63. The van der Waals surface area contributed by atoms with Crippen LogP contribution in [0.2, 0.25) is 5.02 Å². The number of esters is 1. The molecule has 0 atom stereocenters. The molecule has 190 valence electrons. The Morgan fingerprint density at radius 3 is 2.41 bits per heavy atom. The molecule has 11 nitrogen and oxygen atoms in total. The summed E-state index contributed by atoms with van der Waals surface area (Å²) in [6, 6.07) is 15.7. The van der Waals surface area contributed by atoms with E-state index in [1.807, 2.05) is 6.92 Å². The minimum atomic E-state index is -0.791. The number of methoxy groups -OCH3 is 1. The van der Waals surface area contributed by atoms with Crippen molar-refractivity contribution in [1.29, 1.82) is 0 Å². The number of nitrogens with one attached hydrogen (secondary N) is 1. The molecular formula is C25H23ClN6O5. The Kier molecular flexibility index (Phi) is 7.94. The number of aryl methyl sites for hydroxylation is 1. The van der Waals surface area contributed by atoms with Crippen LogP contribution >= 0.6 is 11.6 Å². The summed E-state index contributed by atoms with van der Waals surface area (Å²) in [5, 5.41) is 3.57. The van der Waals surface area contributed by atoms with E-state index in [9.17, 15) is 14.4 Å². The van der Waals surface area contributed by atoms with Crippen molar-refractivity contribution in [2.24, 2.45) is 0 Å². The molecule has 0 unspecified atom stereocenters. The van der Waals surface area contributed by atoms with Gasteiger partial charge in [0.15, 0.2) is 0 Å². The van der Waals surface area contributed by atoms with Gasteiger partial charge in [0.1, 0.15) is 5.75 Å². The highest BCUT2D eigenvalue weighted by atomic mass is 35.5. The fourth-order valence-corrected chi connectivity index (χ4v) is 3.48. The largest absolute Gasteiger partial charge is 0.469 e. The van der Waals surface area contributed by atoms with E-state index in [-0.39, 0.29) is 31.5 Å². The maximum Gasteiger partial charge on any atom is 0.354 e. The summed E-state index contributed by atoms with van der Waals surface area (Å²) in [6.07, 6.45) is 1.46. The van der Waals surface area contributed by atoms with Crippen molar-refractivity contribution in [3.63, 3.8) is 0 Å². The molecule has 0 radical (unpaired) electrons. The lowest BCUT2D eigenvalue weighted by Gasteiger charge is -2.16. The number of rotatable bonds is 9. The number of aromatic nitrogens is 5. The van der Waals surface area contributed by atoms with E-state index in [1.54, 1.807) is 60.8 Å². The van der Waals surface area contributed by atoms with Crippen LogP contribution < -0.4 is 21.4 Å². The summed E-state index contributed by atoms with van der Waals surface area (Å²) in [7, 11) is 1.24. The Morgan fingerprint density at radius 2 is 1.73 bits per heavy atom. The molecule has 0 saturated carbocycles. The summed E-state index contributed by atoms with van der Waals surface area (Å²) < 4.78 is 12.5. The first-order valence-electron chi connectivity index (χ1n) is 11.2. The second-order valence-corrected chi connectivity index (χ2v) is 8.36. The molecule has 1 N–H and O–H groups in total. The highest BCUT2D eigenvalue weighted by Crippen LogP contribution is 2.22. The van der Waals surface area contributed by atoms with Crippen LogP contribution in [0.5, 0.6) is 11.8 Å². The molecule has 0 aliphatic heterocycles. The van der Waals surface area contributed by atoms with Crippen LogP contribution in [0.25, 0.3) is 0 Å². The zero-order valence-corrected chi connectivity index (χ0v) is 20.8. The molecule has 4 aromatic rings. The Bertz CT molecular complexity index is 1520. The summed E-state index contributed by atoms with van der Waals surface area (Å²) in [5.41, 5.74) is 0.671. The predicted molar refractivity (Wildman–Crippen MR) is 137 cm³/mol. The van der Waals surface area contributed by atoms with Gasteiger partial charge in [-0.05, 0) is 55.0 Å². The van der Waals surface area contributed by atoms with Gasteiger partial charge in [0, 0.05) is 29.1 Å². The first-order chi connectivity index (χ1) is 17.8. The molecule has 0 saturated heterocycles. The van der Waals surface area contributed by atoms with E-state index >= 15 is 0 Å². The van der Waals surface area contributed by atoms with Crippen molar-refractivity contribution in [3.05, 3.63) is 98.0 Å². The fourth-order valence-electron chi connectivity index (χ4n) is 3.35. The smallest absolute Gasteiger partial charge is 0.354 e. The van der Waals surface area contributed by atoms with Crippen LogP contribution in [0.3, 0.4) is 0 Å². The average molecular weight is 523 g/mol. The Morgan fingerprint density at radius 1 is 1.00 bits per heavy atom. The third kappa shape index (κ3) is 6.58. The number of hydrogen-bond donors (Lipinski definition) is 1. The molecule has 0 fully saturated rings. The predicted octanol–water partition coefficient (Wildman–Crippen LogP) is 3.30. The molecule has 2 heterocycles. The van der Waals surface area contributed by atoms with Crippen LogP contribution in [0.4, 0.5) is 11.6 Å². The first kappa shape index (κ1) is 25.6. The number of benzene rings is 2. The highest BCUT2D eigenvalue weighted by molar-refractivity contribution is 6.30. The second-order valence-electron chi connectivity index (χ2n) is 7.92. The minimum Gasteiger partial charge on any atom is -0.469 e. The molecule has 2 aromatic carbocycles. The SMILES string of the molecule is COC(=O)CCn1c(=O)nc(Nc2ccc(Oc3nccc(C)n3)cc2)n(Cc2ccc(Cl)cc2)c1=O. The van der Waals surface area contributed by atoms with Gasteiger partial charge in [-0.15, -0.1) is 0 Å². The number of hydrogen-bond acceptors (Lipinski definition) is 9. The molecule has 0 aliphatic rings. The average Bonchev–Trinajstić information content (AvgIpc) is 2.88. The van der Waals surface area contributed by atoms with Crippen molar-refractivity contribution >= 4 is 29.2 Å². The summed E-state index contributed by atoms with van der Waals surface area (Å²) in [6.45, 7) is 1.78. The maximum atomic E-state index is 13.3. The van der Waals surface area contributed by atoms with E-state index in [2.05, 4.69) is 25.0 Å². The molecule has 12 heteroatoms. The van der Waals surface area contributed by atoms with Gasteiger partial charge in [-0.2, -0.15) is 4.98 Å². The number of carbonyl (C=O) groups is 1. The van der Waals surface area contributed by atoms with Gasteiger partial charge in [-0.25, -0.2) is 24.1 Å². The lowest BCUT2D eigenvalue weighted by atomic mass is 10.2. The summed E-state index contributed by atoms with van der Waals surface area (Å²) >= 11 is 5.99. The summed E-state index contributed by atoms with van der Waals surface area (Å²) in [4.78, 5) is 49.9. The first-order valence-corrected chi connectivity index (χ1v) is 11.6. The molecule has 0 spiro atoms. The van der Waals surface area contributed by atoms with Gasteiger partial charge >= 0.3 is 23.4 Å². The van der Waals surface area contributed by atoms with Gasteiger partial charge in [-0.1, -0.05) is 23.7 Å². The van der Waals surface area contributed by atoms with Crippen LogP contribution in [0.15, 0.2) is 70.4 Å². The van der Waals surface area contributed by atoms with Crippen molar-refractivity contribution < 1.29 is 14.3 Å². The number of halogens is 1. The summed E-state index contributed by atoms with van der Waals surface area (Å²) in [5.74, 6) is -0.00744. The zero-order valence-electron chi connectivity index (χ0n) is 20.1. The van der Waals surface area contributed by atoms with Crippen LogP contribution in [0.1, 0.15) is 17.7 Å². The third-order valence-corrected chi connectivity index (χ3v) is 5.52. The maximum absolute atomic E-state index is 13.3. The molecule has 37 heavy (non-hydrogen) atoms. The van der Waals surface area contributed by atoms with Gasteiger partial charge in [0.2, 0.25) is 5.95 Å². The zero-order chi connectivity index (χ0) is 26.4. The van der Waals surface area contributed by atoms with Crippen LogP contribution in [-0.2, 0) is 22.6 Å². The van der Waals surface area contributed by atoms with Crippen molar-refractivity contribution in [2.45, 2.75) is 26.4 Å². The number of ether oxygens (including phenoxy) is 2. The molecule has 0 amide bonds. The van der Waals surface area contributed by atoms with E-state index in [4.69, 9.17) is 16.3 Å². The van der Waals surface area contributed by atoms with Crippen LogP contribution in [-0.4, -0.2) is 37.2 Å². The van der Waals surface area contributed by atoms with E-state index < -0.39 is 17.3 Å². The standard InChI is InChI=1S/C25H23ClN6O5/c1-16-11-13-27-23(28-16)37-20-9-7-19(8-10-20)29-22-30-24(34)31(14-12-21(33)36-2)25(35)32(22)15-17-3-5-18(26)6-4-17/h3-11,13H,12,14-15H2,1-2H3,(H,29,30,34). The number of nitrogens with zero attached hydrogens (tertiary/aromatic N) is 5.